The van der Waals surface area contributed by atoms with E-state index in [1.54, 1.807) is 0 Å². The van der Waals surface area contributed by atoms with Crippen LogP contribution in [0.25, 0.3) is 0 Å². The van der Waals surface area contributed by atoms with Gasteiger partial charge in [0.1, 0.15) is 0 Å². The molecule has 2 N–H and O–H groups in total. The van der Waals surface area contributed by atoms with Gasteiger partial charge in [-0.3, -0.25) is 4.99 Å². The summed E-state index contributed by atoms with van der Waals surface area (Å²) in [5, 5.41) is 7.06. The lowest BCUT2D eigenvalue weighted by Crippen LogP contribution is -2.47. The van der Waals surface area contributed by atoms with Crippen molar-refractivity contribution in [3.63, 3.8) is 0 Å². The Hall–Kier alpha value is -0.860. The van der Waals surface area contributed by atoms with Gasteiger partial charge in [-0.25, -0.2) is 0 Å². The Morgan fingerprint density at radius 1 is 1.16 bits per heavy atom. The summed E-state index contributed by atoms with van der Waals surface area (Å²) in [6, 6.07) is 10.8. The van der Waals surface area contributed by atoms with Gasteiger partial charge in [-0.05, 0) is 56.0 Å². The van der Waals surface area contributed by atoms with Gasteiger partial charge in [-0.2, -0.15) is 0 Å². The minimum absolute atomic E-state index is 0. The van der Waals surface area contributed by atoms with Crippen molar-refractivity contribution in [1.29, 1.82) is 0 Å². The Labute approximate surface area is 213 Å². The quantitative estimate of drug-likeness (QED) is 0.280. The van der Waals surface area contributed by atoms with Crippen LogP contribution < -0.4 is 10.6 Å². The highest BCUT2D eigenvalue weighted by atomic mass is 127. The minimum atomic E-state index is 0. The minimum Gasteiger partial charge on any atom is -0.377 e. The molecule has 5 nitrogen and oxygen atoms in total. The number of guanidine groups is 1. The summed E-state index contributed by atoms with van der Waals surface area (Å²) in [6.45, 7) is 16.2. The van der Waals surface area contributed by atoms with Gasteiger partial charge in [0.05, 0.1) is 6.10 Å². The molecule has 0 bridgehead atoms. The fourth-order valence-corrected chi connectivity index (χ4v) is 5.00. The second-order valence-electron chi connectivity index (χ2n) is 10.4. The van der Waals surface area contributed by atoms with E-state index in [0.717, 1.165) is 58.1 Å². The summed E-state index contributed by atoms with van der Waals surface area (Å²) in [6.07, 6.45) is 5.09. The Morgan fingerprint density at radius 2 is 1.94 bits per heavy atom. The van der Waals surface area contributed by atoms with Crippen LogP contribution in [-0.4, -0.2) is 62.8 Å². The molecule has 0 saturated carbocycles. The van der Waals surface area contributed by atoms with E-state index in [2.05, 4.69) is 73.6 Å². The van der Waals surface area contributed by atoms with Crippen LogP contribution in [0.2, 0.25) is 0 Å². The van der Waals surface area contributed by atoms with Crippen LogP contribution in [0.3, 0.4) is 0 Å². The number of aliphatic imine (C=N–C) groups is 1. The third-order valence-electron chi connectivity index (χ3n) is 6.61. The van der Waals surface area contributed by atoms with Crippen LogP contribution in [0.5, 0.6) is 0 Å². The molecule has 2 fully saturated rings. The maximum absolute atomic E-state index is 6.15. The molecule has 2 saturated heterocycles. The van der Waals surface area contributed by atoms with Crippen LogP contribution in [0.15, 0.2) is 35.3 Å². The number of ether oxygens (including phenoxy) is 1. The van der Waals surface area contributed by atoms with E-state index in [9.17, 15) is 0 Å². The van der Waals surface area contributed by atoms with Gasteiger partial charge in [0.15, 0.2) is 5.96 Å². The van der Waals surface area contributed by atoms with Crippen LogP contribution in [0, 0.1) is 17.3 Å². The monoisotopic (exact) mass is 556 g/mol. The average Bonchev–Trinajstić information content (AvgIpc) is 3.22. The Bertz CT molecular complexity index is 676. The van der Waals surface area contributed by atoms with E-state index in [0.29, 0.717) is 17.9 Å². The lowest BCUT2D eigenvalue weighted by molar-refractivity contribution is -0.0835. The molecule has 1 aromatic carbocycles. The van der Waals surface area contributed by atoms with Gasteiger partial charge in [0.2, 0.25) is 0 Å². The molecule has 2 aliphatic rings. The molecule has 0 radical (unpaired) electrons. The van der Waals surface area contributed by atoms with Gasteiger partial charge in [0, 0.05) is 45.2 Å². The SMILES string of the molecule is CCNC(=NCC1CCN(CCc2ccccc2)C1)NCC1CCCOC1C(C)(C)C.I. The van der Waals surface area contributed by atoms with Crippen molar-refractivity contribution in [3.05, 3.63) is 35.9 Å². The summed E-state index contributed by atoms with van der Waals surface area (Å²) in [5.74, 6) is 2.16. The lowest BCUT2D eigenvalue weighted by atomic mass is 9.78. The first-order valence-electron chi connectivity index (χ1n) is 12.4. The van der Waals surface area contributed by atoms with E-state index in [1.165, 1.54) is 24.9 Å². The first kappa shape index (κ1) is 27.4. The smallest absolute Gasteiger partial charge is 0.191 e. The van der Waals surface area contributed by atoms with E-state index in [1.807, 2.05) is 0 Å². The molecule has 32 heavy (non-hydrogen) atoms. The predicted octanol–water partition coefficient (Wildman–Crippen LogP) is 4.57. The van der Waals surface area contributed by atoms with Crippen molar-refractivity contribution < 1.29 is 4.74 Å². The standard InChI is InChI=1S/C26H44N4O.HI/c1-5-27-25(29-19-23-12-9-17-31-24(23)26(2,3)4)28-18-22-14-16-30(20-22)15-13-21-10-7-6-8-11-21;/h6-8,10-11,22-24H,5,9,12-20H2,1-4H3,(H2,27,28,29);1H. The fraction of sp³-hybridized carbons (Fsp3) is 0.731. The number of rotatable bonds is 8. The highest BCUT2D eigenvalue weighted by Gasteiger charge is 2.35. The third kappa shape index (κ3) is 8.82. The normalized spacial score (nSPS) is 24.8. The van der Waals surface area contributed by atoms with E-state index < -0.39 is 0 Å². The number of nitrogens with zero attached hydrogens (tertiary/aromatic N) is 2. The molecule has 0 amide bonds. The van der Waals surface area contributed by atoms with Crippen molar-refractivity contribution in [1.82, 2.24) is 15.5 Å². The van der Waals surface area contributed by atoms with E-state index >= 15 is 0 Å². The van der Waals surface area contributed by atoms with Crippen LogP contribution in [0.4, 0.5) is 0 Å². The Balaban J connectivity index is 0.00000363. The first-order valence-corrected chi connectivity index (χ1v) is 12.4. The zero-order valence-electron chi connectivity index (χ0n) is 20.6. The molecule has 3 atom stereocenters. The lowest BCUT2D eigenvalue weighted by Gasteiger charge is -2.40. The van der Waals surface area contributed by atoms with Crippen molar-refractivity contribution in [2.45, 2.75) is 59.5 Å². The molecule has 0 aromatic heterocycles. The average molecular weight is 557 g/mol. The summed E-state index contributed by atoms with van der Waals surface area (Å²) in [5.41, 5.74) is 1.61. The van der Waals surface area contributed by atoms with Gasteiger partial charge in [-0.1, -0.05) is 51.1 Å². The summed E-state index contributed by atoms with van der Waals surface area (Å²) >= 11 is 0. The maximum atomic E-state index is 6.15. The topological polar surface area (TPSA) is 48.9 Å². The number of nitrogens with one attached hydrogen (secondary N) is 2. The molecule has 182 valence electrons. The number of hydrogen-bond acceptors (Lipinski definition) is 3. The van der Waals surface area contributed by atoms with Crippen LogP contribution in [0.1, 0.15) is 52.5 Å². The molecular weight excluding hydrogens is 511 g/mol. The zero-order chi connectivity index (χ0) is 22.1. The van der Waals surface area contributed by atoms with Gasteiger partial charge >= 0.3 is 0 Å². The van der Waals surface area contributed by atoms with E-state index in [4.69, 9.17) is 9.73 Å². The van der Waals surface area contributed by atoms with Gasteiger partial charge < -0.3 is 20.3 Å². The highest BCUT2D eigenvalue weighted by Crippen LogP contribution is 2.33. The fourth-order valence-electron chi connectivity index (χ4n) is 5.00. The molecule has 2 aliphatic heterocycles. The van der Waals surface area contributed by atoms with Crippen molar-refractivity contribution in [2.24, 2.45) is 22.2 Å². The molecule has 2 heterocycles. The van der Waals surface area contributed by atoms with Gasteiger partial charge in [-0.15, -0.1) is 24.0 Å². The number of likely N-dealkylation sites (tertiary alicyclic amines) is 1. The van der Waals surface area contributed by atoms with Crippen molar-refractivity contribution >= 4 is 29.9 Å². The zero-order valence-corrected chi connectivity index (χ0v) is 22.9. The number of benzene rings is 1. The molecule has 3 rings (SSSR count). The van der Waals surface area contributed by atoms with Crippen molar-refractivity contribution in [3.8, 4) is 0 Å². The second kappa shape index (κ2) is 13.8. The van der Waals surface area contributed by atoms with Crippen LogP contribution in [-0.2, 0) is 11.2 Å². The Kier molecular flexibility index (Phi) is 11.8. The molecular formula is C26H45IN4O. The maximum Gasteiger partial charge on any atom is 0.191 e. The molecule has 1 aromatic rings. The largest absolute Gasteiger partial charge is 0.377 e. The molecule has 0 spiro atoms. The number of hydrogen-bond donors (Lipinski definition) is 2. The highest BCUT2D eigenvalue weighted by molar-refractivity contribution is 14.0. The molecule has 0 aliphatic carbocycles. The first-order chi connectivity index (χ1) is 15.0. The van der Waals surface area contributed by atoms with Crippen LogP contribution >= 0.6 is 24.0 Å². The second-order valence-corrected chi connectivity index (χ2v) is 10.4. The summed E-state index contributed by atoms with van der Waals surface area (Å²) in [4.78, 5) is 7.54. The molecule has 3 unspecified atom stereocenters. The number of halogens is 1. The summed E-state index contributed by atoms with van der Waals surface area (Å²) < 4.78 is 6.15. The predicted molar refractivity (Wildman–Crippen MR) is 146 cm³/mol. The van der Waals surface area contributed by atoms with E-state index in [-0.39, 0.29) is 29.4 Å². The van der Waals surface area contributed by atoms with Gasteiger partial charge in [0.25, 0.3) is 0 Å². The Morgan fingerprint density at radius 3 is 2.66 bits per heavy atom. The van der Waals surface area contributed by atoms with Crippen molar-refractivity contribution in [2.75, 3.05) is 45.9 Å². The third-order valence-corrected chi connectivity index (χ3v) is 6.61. The molecule has 6 heteroatoms. The summed E-state index contributed by atoms with van der Waals surface area (Å²) in [7, 11) is 0.